The van der Waals surface area contributed by atoms with Crippen molar-refractivity contribution in [2.75, 3.05) is 25.0 Å². The maximum Gasteiger partial charge on any atom is 0.210 e. The second-order valence-corrected chi connectivity index (χ2v) is 9.82. The van der Waals surface area contributed by atoms with Gasteiger partial charge in [-0.3, -0.25) is 10.4 Å². The molecule has 0 bridgehead atoms. The summed E-state index contributed by atoms with van der Waals surface area (Å²) in [6, 6.07) is 9.79. The molecule has 37 heavy (non-hydrogen) atoms. The quantitative estimate of drug-likeness (QED) is 0.366. The molecule has 6 rings (SSSR count). The van der Waals surface area contributed by atoms with Gasteiger partial charge in [-0.2, -0.15) is 5.10 Å². The summed E-state index contributed by atoms with van der Waals surface area (Å²) in [7, 11) is 0. The Morgan fingerprint density at radius 3 is 2.62 bits per heavy atom. The Morgan fingerprint density at radius 1 is 1.00 bits per heavy atom. The molecule has 1 unspecified atom stereocenters. The lowest BCUT2D eigenvalue weighted by Gasteiger charge is -2.34. The number of nitrogens with zero attached hydrogens (tertiary/aromatic N) is 3. The van der Waals surface area contributed by atoms with Crippen molar-refractivity contribution >= 4 is 17.5 Å². The van der Waals surface area contributed by atoms with Crippen LogP contribution in [-0.4, -0.2) is 35.6 Å². The number of halogens is 2. The van der Waals surface area contributed by atoms with Crippen LogP contribution in [0.4, 0.5) is 14.5 Å². The van der Waals surface area contributed by atoms with Crippen LogP contribution < -0.4 is 27.0 Å². The van der Waals surface area contributed by atoms with E-state index in [0.29, 0.717) is 11.9 Å². The van der Waals surface area contributed by atoms with Gasteiger partial charge in [0.05, 0.1) is 12.2 Å². The highest BCUT2D eigenvalue weighted by Gasteiger charge is 2.33. The Labute approximate surface area is 214 Å². The first-order chi connectivity index (χ1) is 18.0. The topological polar surface area (TPSA) is 104 Å². The van der Waals surface area contributed by atoms with Crippen LogP contribution >= 0.6 is 0 Å². The van der Waals surface area contributed by atoms with E-state index in [1.54, 1.807) is 6.21 Å². The van der Waals surface area contributed by atoms with Crippen molar-refractivity contribution in [1.82, 2.24) is 25.7 Å². The van der Waals surface area contributed by atoms with Crippen molar-refractivity contribution < 1.29 is 8.78 Å². The van der Waals surface area contributed by atoms with Gasteiger partial charge in [0.15, 0.2) is 0 Å². The van der Waals surface area contributed by atoms with Gasteiger partial charge in [0.1, 0.15) is 17.5 Å². The minimum absolute atomic E-state index is 0.180. The monoisotopic (exact) mass is 504 g/mol. The van der Waals surface area contributed by atoms with Crippen LogP contribution in [0.1, 0.15) is 41.1 Å². The molecule has 0 saturated carbocycles. The van der Waals surface area contributed by atoms with E-state index in [1.807, 2.05) is 23.1 Å². The summed E-state index contributed by atoms with van der Waals surface area (Å²) in [5.41, 5.74) is 11.8. The number of anilines is 1. The van der Waals surface area contributed by atoms with E-state index in [1.165, 1.54) is 23.3 Å². The van der Waals surface area contributed by atoms with E-state index in [-0.39, 0.29) is 5.56 Å². The van der Waals surface area contributed by atoms with Gasteiger partial charge in [0.2, 0.25) is 5.79 Å². The number of hydrogen-bond donors (Lipinski definition) is 5. The third-order valence-electron chi connectivity index (χ3n) is 7.24. The zero-order valence-corrected chi connectivity index (χ0v) is 20.4. The average molecular weight is 505 g/mol. The molecule has 8 nitrogen and oxygen atoms in total. The predicted molar refractivity (Wildman–Crippen MR) is 140 cm³/mol. The number of aliphatic imine (C=N–C) groups is 1. The van der Waals surface area contributed by atoms with Gasteiger partial charge in [0, 0.05) is 47.4 Å². The molecule has 0 amide bonds. The van der Waals surface area contributed by atoms with Gasteiger partial charge >= 0.3 is 0 Å². The number of nitrogens with two attached hydrogens (primary N) is 1. The number of fused-ring (bicyclic) bond motifs is 1. The van der Waals surface area contributed by atoms with Crippen LogP contribution in [0.5, 0.6) is 0 Å². The van der Waals surface area contributed by atoms with Crippen LogP contribution in [0.15, 0.2) is 59.6 Å². The van der Waals surface area contributed by atoms with Gasteiger partial charge in [-0.15, -0.1) is 0 Å². The van der Waals surface area contributed by atoms with Gasteiger partial charge in [-0.25, -0.2) is 13.8 Å². The number of piperidine rings is 1. The third kappa shape index (κ3) is 4.87. The molecule has 4 heterocycles. The predicted octanol–water partition coefficient (Wildman–Crippen LogP) is 2.96. The molecule has 10 heteroatoms. The number of allylic oxidation sites excluding steroid dienone is 1. The van der Waals surface area contributed by atoms with Gasteiger partial charge in [-0.05, 0) is 74.3 Å². The normalized spacial score (nSPS) is 22.0. The Bertz CT molecular complexity index is 1350. The van der Waals surface area contributed by atoms with Crippen molar-refractivity contribution in [3.63, 3.8) is 0 Å². The first-order valence-electron chi connectivity index (χ1n) is 12.6. The number of rotatable bonds is 5. The summed E-state index contributed by atoms with van der Waals surface area (Å²) in [4.78, 5) is 4.51. The third-order valence-corrected chi connectivity index (χ3v) is 7.24. The van der Waals surface area contributed by atoms with Crippen LogP contribution in [0, 0.1) is 11.6 Å². The van der Waals surface area contributed by atoms with E-state index >= 15 is 0 Å². The molecule has 0 aliphatic carbocycles. The van der Waals surface area contributed by atoms with E-state index < -0.39 is 17.4 Å². The first kappa shape index (κ1) is 23.8. The van der Waals surface area contributed by atoms with E-state index in [2.05, 4.69) is 43.5 Å². The lowest BCUT2D eigenvalue weighted by molar-refractivity contribution is 0.343. The summed E-state index contributed by atoms with van der Waals surface area (Å²) < 4.78 is 30.1. The molecule has 3 aromatic rings. The average Bonchev–Trinajstić information content (AvgIpc) is 3.39. The molecule has 3 aliphatic rings. The molecule has 1 fully saturated rings. The maximum absolute atomic E-state index is 14.1. The smallest absolute Gasteiger partial charge is 0.210 e. The number of nitrogens with one attached hydrogen (secondary N) is 4. The highest BCUT2D eigenvalue weighted by molar-refractivity contribution is 6.12. The molecular formula is C27H30F2N8. The van der Waals surface area contributed by atoms with Crippen LogP contribution in [0.25, 0.3) is 5.57 Å². The van der Waals surface area contributed by atoms with Crippen molar-refractivity contribution in [3.8, 4) is 0 Å². The molecule has 1 atom stereocenters. The number of aromatic nitrogens is 2. The van der Waals surface area contributed by atoms with Gasteiger partial charge < -0.3 is 21.3 Å². The lowest BCUT2D eigenvalue weighted by atomic mass is 10.00. The first-order valence-corrected chi connectivity index (χ1v) is 12.6. The summed E-state index contributed by atoms with van der Waals surface area (Å²) in [5.74, 6) is -2.41. The second-order valence-electron chi connectivity index (χ2n) is 9.82. The Morgan fingerprint density at radius 2 is 1.81 bits per heavy atom. The summed E-state index contributed by atoms with van der Waals surface area (Å²) in [5, 5.41) is 18.1. The van der Waals surface area contributed by atoms with E-state index in [9.17, 15) is 8.78 Å². The van der Waals surface area contributed by atoms with Crippen molar-refractivity contribution in [2.24, 2.45) is 10.7 Å². The summed E-state index contributed by atoms with van der Waals surface area (Å²) in [6.07, 6.45) is 8.49. The van der Waals surface area contributed by atoms with Crippen LogP contribution in [0.3, 0.4) is 0 Å². The van der Waals surface area contributed by atoms with E-state index in [4.69, 9.17) is 5.73 Å². The minimum Gasteiger partial charge on any atom is -0.341 e. The molecule has 192 valence electrons. The lowest BCUT2D eigenvalue weighted by Crippen LogP contribution is -2.51. The zero-order chi connectivity index (χ0) is 25.4. The molecule has 6 N–H and O–H groups in total. The standard InChI is InChI=1S/C27H30F2N8/c28-21-10-20(11-22(29)12-21)27(30)33-15-25(19-14-34-37(16-19)24-4-7-31-8-5-24)26(36-27)35-23-2-1-17-3-6-32-13-18(17)9-23/h1-2,9-12,14-16,24,31-32,35-36H,3-8,13,30H2. The molecule has 0 radical (unpaired) electrons. The van der Waals surface area contributed by atoms with Crippen molar-refractivity contribution in [3.05, 3.63) is 88.5 Å². The Hall–Kier alpha value is -3.60. The molecule has 3 aliphatic heterocycles. The van der Waals surface area contributed by atoms with E-state index in [0.717, 1.165) is 68.3 Å². The van der Waals surface area contributed by atoms with Crippen LogP contribution in [-0.2, 0) is 18.8 Å². The van der Waals surface area contributed by atoms with Gasteiger partial charge in [-0.1, -0.05) is 6.07 Å². The highest BCUT2D eigenvalue weighted by atomic mass is 19.1. The summed E-state index contributed by atoms with van der Waals surface area (Å²) >= 11 is 0. The highest BCUT2D eigenvalue weighted by Crippen LogP contribution is 2.30. The number of hydrogen-bond acceptors (Lipinski definition) is 7. The van der Waals surface area contributed by atoms with Crippen molar-refractivity contribution in [2.45, 2.75) is 37.6 Å². The molecule has 0 spiro atoms. The maximum atomic E-state index is 14.1. The van der Waals surface area contributed by atoms with Crippen molar-refractivity contribution in [1.29, 1.82) is 0 Å². The largest absolute Gasteiger partial charge is 0.341 e. The molecule has 1 saturated heterocycles. The fourth-order valence-corrected chi connectivity index (χ4v) is 5.21. The molecule has 1 aromatic heterocycles. The second kappa shape index (κ2) is 9.70. The molecular weight excluding hydrogens is 474 g/mol. The number of benzene rings is 2. The fraction of sp³-hybridized carbons (Fsp3) is 0.333. The zero-order valence-electron chi connectivity index (χ0n) is 20.4. The van der Waals surface area contributed by atoms with Crippen LogP contribution in [0.2, 0.25) is 0 Å². The Kier molecular flexibility index (Phi) is 6.23. The Balaban J connectivity index is 1.37. The summed E-state index contributed by atoms with van der Waals surface area (Å²) in [6.45, 7) is 3.70. The minimum atomic E-state index is -1.56. The van der Waals surface area contributed by atoms with Gasteiger partial charge in [0.25, 0.3) is 0 Å². The SMILES string of the molecule is NC1(c2cc(F)cc(F)c2)N=CC(c2cnn(C3CCNCC3)c2)=C(Nc2ccc3c(c2)CNCC3)N1. The fourth-order valence-electron chi connectivity index (χ4n) is 5.21. The molecule has 2 aromatic carbocycles.